The Balaban J connectivity index is 2.44. The maximum absolute atomic E-state index is 15.1. The number of hydrogen-bond donors (Lipinski definition) is 3. The minimum atomic E-state index is -3.14. The minimum absolute atomic E-state index is 0.132. The summed E-state index contributed by atoms with van der Waals surface area (Å²) in [6.07, 6.45) is 2.12. The number of hydrogen-bond acceptors (Lipinski definition) is 3. The number of rotatable bonds is 3. The van der Waals surface area contributed by atoms with Gasteiger partial charge < -0.3 is 15.9 Å². The fourth-order valence-electron chi connectivity index (χ4n) is 3.58. The molecule has 0 bridgehead atoms. The van der Waals surface area contributed by atoms with Gasteiger partial charge in [-0.15, -0.1) is 0 Å². The van der Waals surface area contributed by atoms with Gasteiger partial charge in [-0.3, -0.25) is 0 Å². The largest absolute Gasteiger partial charge is 0.383 e. The fourth-order valence-corrected chi connectivity index (χ4v) is 3.58. The predicted molar refractivity (Wildman–Crippen MR) is 85.0 cm³/mol. The van der Waals surface area contributed by atoms with Gasteiger partial charge in [0.1, 0.15) is 5.84 Å². The summed E-state index contributed by atoms with van der Waals surface area (Å²) >= 11 is 0. The van der Waals surface area contributed by atoms with Crippen LogP contribution in [0.25, 0.3) is 0 Å². The Kier molecular flexibility index (Phi) is 4.33. The fraction of sp³-hybridized carbons (Fsp3) is 0.588. The van der Waals surface area contributed by atoms with Crippen molar-refractivity contribution in [3.8, 4) is 0 Å². The van der Waals surface area contributed by atoms with Crippen LogP contribution in [0.15, 0.2) is 35.3 Å². The Morgan fingerprint density at radius 1 is 1.36 bits per heavy atom. The lowest BCUT2D eigenvalue weighted by atomic mass is 9.59. The van der Waals surface area contributed by atoms with Crippen LogP contribution in [-0.4, -0.2) is 27.6 Å². The van der Waals surface area contributed by atoms with E-state index in [4.69, 9.17) is 5.73 Å². The molecule has 5 heteroatoms. The summed E-state index contributed by atoms with van der Waals surface area (Å²) in [5, 5.41) is 21.4. The highest BCUT2D eigenvalue weighted by Crippen LogP contribution is 2.53. The summed E-state index contributed by atoms with van der Waals surface area (Å²) in [5.41, 5.74) is 3.52. The standard InChI is InChI=1S/C17H25FN2O2/c1-12-8-7-11-15(2,3)16(12,21)17(18,22)20-14(19)13-9-5-4-6-10-13/h4-6,9-10,12,21-22H,7-8,11H2,1-3H3,(H2,19,20)/t12-,16+,17+/m0/s1. The second-order valence-electron chi connectivity index (χ2n) is 6.89. The maximum atomic E-state index is 15.1. The van der Waals surface area contributed by atoms with Crippen molar-refractivity contribution in [2.24, 2.45) is 22.1 Å². The Bertz CT molecular complexity index is 557. The molecule has 1 saturated carbocycles. The molecule has 4 nitrogen and oxygen atoms in total. The summed E-state index contributed by atoms with van der Waals surface area (Å²) in [6, 6.07) is 8.65. The average Bonchev–Trinajstić information content (AvgIpc) is 2.44. The first kappa shape index (κ1) is 16.9. The monoisotopic (exact) mass is 308 g/mol. The lowest BCUT2D eigenvalue weighted by Gasteiger charge is -2.53. The van der Waals surface area contributed by atoms with E-state index in [-0.39, 0.29) is 5.84 Å². The molecule has 0 spiro atoms. The van der Waals surface area contributed by atoms with Gasteiger partial charge in [0.2, 0.25) is 0 Å². The first-order valence-electron chi connectivity index (χ1n) is 7.66. The van der Waals surface area contributed by atoms with Crippen molar-refractivity contribution in [1.29, 1.82) is 0 Å². The second kappa shape index (κ2) is 5.63. The van der Waals surface area contributed by atoms with Crippen LogP contribution in [0.4, 0.5) is 4.39 Å². The van der Waals surface area contributed by atoms with Crippen molar-refractivity contribution >= 4 is 5.84 Å². The van der Waals surface area contributed by atoms with E-state index in [9.17, 15) is 10.2 Å². The van der Waals surface area contributed by atoms with Crippen molar-refractivity contribution in [3.05, 3.63) is 35.9 Å². The van der Waals surface area contributed by atoms with E-state index in [1.54, 1.807) is 51.1 Å². The van der Waals surface area contributed by atoms with Crippen LogP contribution in [0.2, 0.25) is 0 Å². The predicted octanol–water partition coefficient (Wildman–Crippen LogP) is 2.58. The zero-order valence-electron chi connectivity index (χ0n) is 13.4. The maximum Gasteiger partial charge on any atom is 0.336 e. The molecule has 0 amide bonds. The van der Waals surface area contributed by atoms with E-state index in [0.29, 0.717) is 18.4 Å². The number of alkyl halides is 1. The number of nitrogens with two attached hydrogens (primary N) is 1. The summed E-state index contributed by atoms with van der Waals surface area (Å²) < 4.78 is 15.1. The summed E-state index contributed by atoms with van der Waals surface area (Å²) in [5.74, 6) is -3.71. The molecule has 0 heterocycles. The van der Waals surface area contributed by atoms with Gasteiger partial charge in [0.15, 0.2) is 5.60 Å². The molecule has 0 radical (unpaired) electrons. The third-order valence-electron chi connectivity index (χ3n) is 5.01. The van der Waals surface area contributed by atoms with Crippen molar-refractivity contribution in [3.63, 3.8) is 0 Å². The lowest BCUT2D eigenvalue weighted by Crippen LogP contribution is -2.65. The highest BCUT2D eigenvalue weighted by Gasteiger charge is 2.63. The van der Waals surface area contributed by atoms with E-state index in [1.165, 1.54) is 0 Å². The molecule has 1 aliphatic carbocycles. The smallest absolute Gasteiger partial charge is 0.336 e. The van der Waals surface area contributed by atoms with Crippen LogP contribution in [0.5, 0.6) is 0 Å². The van der Waals surface area contributed by atoms with Gasteiger partial charge in [-0.1, -0.05) is 57.5 Å². The molecule has 122 valence electrons. The summed E-state index contributed by atoms with van der Waals surface area (Å²) in [7, 11) is 0. The molecule has 0 saturated heterocycles. The van der Waals surface area contributed by atoms with Gasteiger partial charge in [0.05, 0.1) is 0 Å². The Morgan fingerprint density at radius 3 is 2.50 bits per heavy atom. The molecule has 4 N–H and O–H groups in total. The Hall–Kier alpha value is -1.46. The van der Waals surface area contributed by atoms with Crippen LogP contribution < -0.4 is 5.73 Å². The van der Waals surface area contributed by atoms with Crippen molar-refractivity contribution < 1.29 is 14.6 Å². The molecule has 0 unspecified atom stereocenters. The van der Waals surface area contributed by atoms with Gasteiger partial charge in [-0.25, -0.2) is 4.99 Å². The first-order chi connectivity index (χ1) is 10.1. The van der Waals surface area contributed by atoms with Crippen LogP contribution in [0.1, 0.15) is 45.6 Å². The van der Waals surface area contributed by atoms with Gasteiger partial charge in [0.25, 0.3) is 0 Å². The third-order valence-corrected chi connectivity index (χ3v) is 5.01. The van der Waals surface area contributed by atoms with Gasteiger partial charge >= 0.3 is 5.98 Å². The number of aliphatic hydroxyl groups is 2. The number of amidine groups is 1. The molecule has 1 aliphatic rings. The van der Waals surface area contributed by atoms with Gasteiger partial charge in [-0.05, 0) is 18.8 Å². The van der Waals surface area contributed by atoms with Crippen LogP contribution >= 0.6 is 0 Å². The molecule has 22 heavy (non-hydrogen) atoms. The second-order valence-corrected chi connectivity index (χ2v) is 6.89. The molecular formula is C17H25FN2O2. The molecule has 2 rings (SSSR count). The SMILES string of the molecule is C[C@H]1CCCC(C)(C)[C@@]1(O)[C@@](O)(F)/N=C(\N)c1ccccc1. The lowest BCUT2D eigenvalue weighted by molar-refractivity contribution is -0.296. The van der Waals surface area contributed by atoms with E-state index < -0.39 is 22.9 Å². The normalized spacial score (nSPS) is 31.5. The van der Waals surface area contributed by atoms with Gasteiger partial charge in [0, 0.05) is 11.0 Å². The van der Waals surface area contributed by atoms with E-state index in [1.807, 2.05) is 0 Å². The quantitative estimate of drug-likeness (QED) is 0.456. The molecule has 1 aromatic rings. The average molecular weight is 308 g/mol. The zero-order chi connectivity index (χ0) is 16.6. The number of benzene rings is 1. The number of nitrogens with zero attached hydrogens (tertiary/aromatic N) is 1. The molecule has 1 fully saturated rings. The van der Waals surface area contributed by atoms with Crippen LogP contribution in [0.3, 0.4) is 0 Å². The zero-order valence-corrected chi connectivity index (χ0v) is 13.4. The summed E-state index contributed by atoms with van der Waals surface area (Å²) in [4.78, 5) is 3.65. The highest BCUT2D eigenvalue weighted by molar-refractivity contribution is 5.97. The minimum Gasteiger partial charge on any atom is -0.383 e. The topological polar surface area (TPSA) is 78.8 Å². The first-order valence-corrected chi connectivity index (χ1v) is 7.66. The summed E-state index contributed by atoms with van der Waals surface area (Å²) in [6.45, 7) is 5.24. The molecule has 0 aliphatic heterocycles. The van der Waals surface area contributed by atoms with Gasteiger partial charge in [-0.2, -0.15) is 4.39 Å². The molecule has 0 aromatic heterocycles. The Morgan fingerprint density at radius 2 is 1.95 bits per heavy atom. The highest BCUT2D eigenvalue weighted by atomic mass is 19.2. The Labute approximate surface area is 130 Å². The van der Waals surface area contributed by atoms with Crippen molar-refractivity contribution in [2.75, 3.05) is 0 Å². The van der Waals surface area contributed by atoms with Crippen molar-refractivity contribution in [1.82, 2.24) is 0 Å². The van der Waals surface area contributed by atoms with Crippen molar-refractivity contribution in [2.45, 2.75) is 51.6 Å². The molecule has 3 atom stereocenters. The van der Waals surface area contributed by atoms with Crippen LogP contribution in [0, 0.1) is 11.3 Å². The number of halogens is 1. The van der Waals surface area contributed by atoms with E-state index >= 15 is 4.39 Å². The molecular weight excluding hydrogens is 283 g/mol. The molecule has 1 aromatic carbocycles. The third kappa shape index (κ3) is 2.63. The van der Waals surface area contributed by atoms with E-state index in [0.717, 1.165) is 6.42 Å². The number of aliphatic imine (C=N–C) groups is 1. The van der Waals surface area contributed by atoms with E-state index in [2.05, 4.69) is 4.99 Å². The van der Waals surface area contributed by atoms with Crippen LogP contribution in [-0.2, 0) is 0 Å².